The van der Waals surface area contributed by atoms with Gasteiger partial charge in [-0.1, -0.05) is 26.0 Å². The molecule has 5 nitrogen and oxygen atoms in total. The topological polar surface area (TPSA) is 52.0 Å². The van der Waals surface area contributed by atoms with Gasteiger partial charge in [-0.2, -0.15) is 5.10 Å². The molecule has 0 bridgehead atoms. The molecule has 0 aliphatic carbocycles. The predicted octanol–water partition coefficient (Wildman–Crippen LogP) is 2.44. The number of nitrogens with one attached hydrogen (secondary N) is 1. The van der Waals surface area contributed by atoms with E-state index in [0.29, 0.717) is 12.0 Å². The Morgan fingerprint density at radius 3 is 3.13 bits per heavy atom. The zero-order valence-corrected chi connectivity index (χ0v) is 13.9. The van der Waals surface area contributed by atoms with Gasteiger partial charge in [0.1, 0.15) is 11.6 Å². The van der Waals surface area contributed by atoms with Crippen molar-refractivity contribution in [3.63, 3.8) is 0 Å². The van der Waals surface area contributed by atoms with Crippen molar-refractivity contribution in [2.75, 3.05) is 6.61 Å². The highest BCUT2D eigenvalue weighted by Crippen LogP contribution is 2.26. The molecule has 1 aromatic carbocycles. The lowest BCUT2D eigenvalue weighted by molar-refractivity contribution is 0.355. The van der Waals surface area contributed by atoms with Crippen LogP contribution in [-0.2, 0) is 25.9 Å². The molecule has 2 aliphatic heterocycles. The van der Waals surface area contributed by atoms with E-state index >= 15 is 0 Å². The van der Waals surface area contributed by atoms with Gasteiger partial charge in [-0.3, -0.25) is 0 Å². The highest BCUT2D eigenvalue weighted by molar-refractivity contribution is 5.39. The van der Waals surface area contributed by atoms with Crippen molar-refractivity contribution in [1.29, 1.82) is 0 Å². The molecule has 0 saturated heterocycles. The molecule has 0 radical (unpaired) electrons. The van der Waals surface area contributed by atoms with E-state index in [2.05, 4.69) is 52.1 Å². The fraction of sp³-hybridized carbons (Fsp3) is 0.556. The average molecular weight is 312 g/mol. The summed E-state index contributed by atoms with van der Waals surface area (Å²) in [7, 11) is 0. The zero-order valence-electron chi connectivity index (χ0n) is 13.9. The minimum Gasteiger partial charge on any atom is -0.493 e. The number of hydrogen-bond acceptors (Lipinski definition) is 4. The third-order valence-corrected chi connectivity index (χ3v) is 4.74. The van der Waals surface area contributed by atoms with E-state index in [0.717, 1.165) is 56.4 Å². The van der Waals surface area contributed by atoms with Gasteiger partial charge in [0.25, 0.3) is 0 Å². The molecule has 0 fully saturated rings. The quantitative estimate of drug-likeness (QED) is 0.942. The Labute approximate surface area is 137 Å². The molecule has 1 aromatic heterocycles. The number of rotatable bonds is 4. The van der Waals surface area contributed by atoms with Gasteiger partial charge in [0.2, 0.25) is 0 Å². The molecule has 4 rings (SSSR count). The lowest BCUT2D eigenvalue weighted by Gasteiger charge is -2.23. The Hall–Kier alpha value is -1.88. The first kappa shape index (κ1) is 14.7. The first-order valence-corrected chi connectivity index (χ1v) is 8.60. The maximum absolute atomic E-state index is 5.57. The van der Waals surface area contributed by atoms with Crippen LogP contribution in [0.25, 0.3) is 0 Å². The first-order chi connectivity index (χ1) is 11.2. The van der Waals surface area contributed by atoms with E-state index in [9.17, 15) is 0 Å². The van der Waals surface area contributed by atoms with Crippen molar-refractivity contribution >= 4 is 0 Å². The van der Waals surface area contributed by atoms with Crippen LogP contribution in [-0.4, -0.2) is 27.4 Å². The standard InChI is InChI=1S/C18H24N4O/c1-12(2)18-20-17-6-4-15(11-22(17)21-18)19-10-13-3-5-16-14(9-13)7-8-23-16/h3,5,9,12,15,19H,4,6-8,10-11H2,1-2H3/t15-/m1/s1. The Balaban J connectivity index is 1.38. The normalized spacial score (nSPS) is 19.5. The summed E-state index contributed by atoms with van der Waals surface area (Å²) in [5.41, 5.74) is 2.68. The first-order valence-electron chi connectivity index (χ1n) is 8.60. The van der Waals surface area contributed by atoms with Crippen LogP contribution in [0.2, 0.25) is 0 Å². The molecule has 0 amide bonds. The third-order valence-electron chi connectivity index (χ3n) is 4.74. The molecule has 1 N–H and O–H groups in total. The van der Waals surface area contributed by atoms with Gasteiger partial charge < -0.3 is 10.1 Å². The van der Waals surface area contributed by atoms with Gasteiger partial charge >= 0.3 is 0 Å². The highest BCUT2D eigenvalue weighted by atomic mass is 16.5. The number of benzene rings is 1. The number of fused-ring (bicyclic) bond motifs is 2. The minimum atomic E-state index is 0.396. The second-order valence-electron chi connectivity index (χ2n) is 6.88. The predicted molar refractivity (Wildman–Crippen MR) is 88.7 cm³/mol. The fourth-order valence-corrected chi connectivity index (χ4v) is 3.35. The number of hydrogen-bond donors (Lipinski definition) is 1. The van der Waals surface area contributed by atoms with Crippen molar-refractivity contribution < 1.29 is 4.74 Å². The van der Waals surface area contributed by atoms with E-state index in [1.54, 1.807) is 0 Å². The molecule has 5 heteroatoms. The Morgan fingerprint density at radius 2 is 2.26 bits per heavy atom. The molecule has 2 aromatic rings. The molecule has 2 aliphatic rings. The SMILES string of the molecule is CC(C)c1nc2n(n1)C[C@H](NCc1ccc3c(c1)CCO3)CC2. The van der Waals surface area contributed by atoms with Crippen LogP contribution in [0.3, 0.4) is 0 Å². The number of ether oxygens (including phenoxy) is 1. The summed E-state index contributed by atoms with van der Waals surface area (Å²) in [5.74, 6) is 3.56. The second-order valence-corrected chi connectivity index (χ2v) is 6.88. The molecular formula is C18H24N4O. The summed E-state index contributed by atoms with van der Waals surface area (Å²) in [6.07, 6.45) is 3.17. The largest absolute Gasteiger partial charge is 0.493 e. The smallest absolute Gasteiger partial charge is 0.153 e. The monoisotopic (exact) mass is 312 g/mol. The van der Waals surface area contributed by atoms with Gasteiger partial charge in [-0.05, 0) is 23.6 Å². The van der Waals surface area contributed by atoms with Crippen molar-refractivity contribution in [2.45, 2.75) is 58.2 Å². The zero-order chi connectivity index (χ0) is 15.8. The maximum atomic E-state index is 5.57. The highest BCUT2D eigenvalue weighted by Gasteiger charge is 2.22. The number of aromatic nitrogens is 3. The van der Waals surface area contributed by atoms with Gasteiger partial charge in [-0.15, -0.1) is 0 Å². The summed E-state index contributed by atoms with van der Waals surface area (Å²) in [4.78, 5) is 4.65. The Morgan fingerprint density at radius 1 is 1.35 bits per heavy atom. The molecular weight excluding hydrogens is 288 g/mol. The molecule has 0 saturated carbocycles. The molecule has 122 valence electrons. The number of nitrogens with zero attached hydrogens (tertiary/aromatic N) is 3. The summed E-state index contributed by atoms with van der Waals surface area (Å²) >= 11 is 0. The van der Waals surface area contributed by atoms with Gasteiger partial charge in [0.15, 0.2) is 5.82 Å². The summed E-state index contributed by atoms with van der Waals surface area (Å²) < 4.78 is 7.66. The van der Waals surface area contributed by atoms with Gasteiger partial charge in [0.05, 0.1) is 13.2 Å². The Bertz CT molecular complexity index is 707. The lowest BCUT2D eigenvalue weighted by Crippen LogP contribution is -2.37. The minimum absolute atomic E-state index is 0.396. The summed E-state index contributed by atoms with van der Waals surface area (Å²) in [6.45, 7) is 6.94. The lowest BCUT2D eigenvalue weighted by atomic mass is 10.1. The molecule has 1 atom stereocenters. The van der Waals surface area contributed by atoms with E-state index in [4.69, 9.17) is 4.74 Å². The van der Waals surface area contributed by atoms with Crippen LogP contribution in [0.5, 0.6) is 5.75 Å². The Kier molecular flexibility index (Phi) is 3.81. The van der Waals surface area contributed by atoms with E-state index in [-0.39, 0.29) is 0 Å². The summed E-state index contributed by atoms with van der Waals surface area (Å²) in [5, 5.41) is 8.33. The fourth-order valence-electron chi connectivity index (χ4n) is 3.35. The van der Waals surface area contributed by atoms with Gasteiger partial charge in [-0.25, -0.2) is 9.67 Å². The van der Waals surface area contributed by atoms with Crippen molar-refractivity contribution in [3.05, 3.63) is 41.0 Å². The van der Waals surface area contributed by atoms with E-state index < -0.39 is 0 Å². The molecule has 0 spiro atoms. The van der Waals surface area contributed by atoms with Gasteiger partial charge in [0, 0.05) is 31.3 Å². The molecule has 3 heterocycles. The second kappa shape index (κ2) is 5.96. The van der Waals surface area contributed by atoms with Crippen LogP contribution < -0.4 is 10.1 Å². The van der Waals surface area contributed by atoms with Crippen LogP contribution >= 0.6 is 0 Å². The molecule has 0 unspecified atom stereocenters. The maximum Gasteiger partial charge on any atom is 0.153 e. The molecule has 23 heavy (non-hydrogen) atoms. The van der Waals surface area contributed by atoms with Crippen LogP contribution in [0.4, 0.5) is 0 Å². The van der Waals surface area contributed by atoms with Crippen LogP contribution in [0, 0.1) is 0 Å². The summed E-state index contributed by atoms with van der Waals surface area (Å²) in [6, 6.07) is 7.01. The van der Waals surface area contributed by atoms with E-state index in [1.807, 2.05) is 0 Å². The van der Waals surface area contributed by atoms with Crippen molar-refractivity contribution in [1.82, 2.24) is 20.1 Å². The number of aryl methyl sites for hydroxylation is 1. The average Bonchev–Trinajstić information content (AvgIpc) is 3.18. The van der Waals surface area contributed by atoms with Crippen LogP contribution in [0.15, 0.2) is 18.2 Å². The third kappa shape index (κ3) is 2.98. The van der Waals surface area contributed by atoms with Crippen molar-refractivity contribution in [3.8, 4) is 5.75 Å². The van der Waals surface area contributed by atoms with Crippen molar-refractivity contribution in [2.24, 2.45) is 0 Å². The van der Waals surface area contributed by atoms with Crippen LogP contribution in [0.1, 0.15) is 49.0 Å². The van der Waals surface area contributed by atoms with E-state index in [1.165, 1.54) is 11.1 Å².